The summed E-state index contributed by atoms with van der Waals surface area (Å²) in [4.78, 5) is 0. The molecule has 1 N–H and O–H groups in total. The molecule has 0 unspecified atom stereocenters. The SMILES string of the molecule is C=C[C@H](OC)[C@@H](O)C=C. The van der Waals surface area contributed by atoms with E-state index in [2.05, 4.69) is 13.2 Å². The van der Waals surface area contributed by atoms with Gasteiger partial charge in [0.05, 0.1) is 0 Å². The van der Waals surface area contributed by atoms with Gasteiger partial charge in [-0.3, -0.25) is 0 Å². The molecule has 9 heavy (non-hydrogen) atoms. The predicted molar refractivity (Wildman–Crippen MR) is 37.2 cm³/mol. The second kappa shape index (κ2) is 4.30. The molecule has 0 aliphatic heterocycles. The minimum Gasteiger partial charge on any atom is -0.386 e. The van der Waals surface area contributed by atoms with E-state index in [1.165, 1.54) is 19.3 Å². The molecule has 2 nitrogen and oxygen atoms in total. The Morgan fingerprint density at radius 2 is 2.00 bits per heavy atom. The second-order valence-electron chi connectivity index (χ2n) is 1.66. The molecule has 0 saturated heterocycles. The molecule has 0 aliphatic rings. The van der Waals surface area contributed by atoms with Crippen molar-refractivity contribution >= 4 is 0 Å². The van der Waals surface area contributed by atoms with Gasteiger partial charge in [-0.05, 0) is 0 Å². The normalized spacial score (nSPS) is 16.2. The minimum absolute atomic E-state index is 0.331. The fraction of sp³-hybridized carbons (Fsp3) is 0.429. The molecule has 0 heterocycles. The zero-order chi connectivity index (χ0) is 7.28. The molecule has 0 aromatic carbocycles. The minimum atomic E-state index is -0.646. The predicted octanol–water partition coefficient (Wildman–Crippen LogP) is 0.734. The molecule has 0 aromatic heterocycles. The first kappa shape index (κ1) is 8.40. The quantitative estimate of drug-likeness (QED) is 0.566. The van der Waals surface area contributed by atoms with Crippen LogP contribution in [0, 0.1) is 0 Å². The average Bonchev–Trinajstić information content (AvgIpc) is 1.90. The fourth-order valence-corrected chi connectivity index (χ4v) is 0.509. The van der Waals surface area contributed by atoms with Crippen molar-refractivity contribution in [1.82, 2.24) is 0 Å². The summed E-state index contributed by atoms with van der Waals surface area (Å²) in [6, 6.07) is 0. The molecular weight excluding hydrogens is 116 g/mol. The molecular formula is C7H12O2. The molecule has 52 valence electrons. The highest BCUT2D eigenvalue weighted by Gasteiger charge is 2.09. The summed E-state index contributed by atoms with van der Waals surface area (Å²) in [5.74, 6) is 0. The van der Waals surface area contributed by atoms with Gasteiger partial charge in [-0.25, -0.2) is 0 Å². The number of ether oxygens (including phenoxy) is 1. The highest BCUT2D eigenvalue weighted by molar-refractivity contribution is 4.94. The van der Waals surface area contributed by atoms with E-state index in [-0.39, 0.29) is 6.10 Å². The van der Waals surface area contributed by atoms with E-state index in [1.54, 1.807) is 0 Å². The van der Waals surface area contributed by atoms with E-state index in [0.29, 0.717) is 0 Å². The lowest BCUT2D eigenvalue weighted by Gasteiger charge is -2.13. The van der Waals surface area contributed by atoms with Crippen LogP contribution in [0.3, 0.4) is 0 Å². The Balaban J connectivity index is 3.77. The van der Waals surface area contributed by atoms with Gasteiger partial charge in [-0.15, -0.1) is 13.2 Å². The molecule has 0 rings (SSSR count). The molecule has 0 aliphatic carbocycles. The van der Waals surface area contributed by atoms with Crippen LogP contribution in [0.4, 0.5) is 0 Å². The van der Waals surface area contributed by atoms with Gasteiger partial charge < -0.3 is 9.84 Å². The molecule has 2 atom stereocenters. The van der Waals surface area contributed by atoms with E-state index in [1.807, 2.05) is 0 Å². The Hall–Kier alpha value is -0.600. The summed E-state index contributed by atoms with van der Waals surface area (Å²) in [5, 5.41) is 9.00. The molecule has 0 amide bonds. The van der Waals surface area contributed by atoms with Gasteiger partial charge in [-0.1, -0.05) is 12.2 Å². The van der Waals surface area contributed by atoms with Crippen LogP contribution >= 0.6 is 0 Å². The van der Waals surface area contributed by atoms with Gasteiger partial charge in [0.1, 0.15) is 12.2 Å². The lowest BCUT2D eigenvalue weighted by molar-refractivity contribution is 0.0433. The van der Waals surface area contributed by atoms with Crippen molar-refractivity contribution < 1.29 is 9.84 Å². The van der Waals surface area contributed by atoms with Gasteiger partial charge in [0.15, 0.2) is 0 Å². The van der Waals surface area contributed by atoms with Crippen molar-refractivity contribution in [3.05, 3.63) is 25.3 Å². The first-order valence-electron chi connectivity index (χ1n) is 2.72. The maximum atomic E-state index is 9.00. The number of aliphatic hydroxyl groups is 1. The van der Waals surface area contributed by atoms with Gasteiger partial charge in [0, 0.05) is 7.11 Å². The Kier molecular flexibility index (Phi) is 4.01. The van der Waals surface area contributed by atoms with Crippen LogP contribution in [0.25, 0.3) is 0 Å². The average molecular weight is 128 g/mol. The summed E-state index contributed by atoms with van der Waals surface area (Å²) in [6.07, 6.45) is 1.97. The van der Waals surface area contributed by atoms with Crippen LogP contribution in [0.15, 0.2) is 25.3 Å². The van der Waals surface area contributed by atoms with Crippen LogP contribution in [-0.4, -0.2) is 24.4 Å². The zero-order valence-electron chi connectivity index (χ0n) is 5.58. The van der Waals surface area contributed by atoms with Crippen LogP contribution in [0.2, 0.25) is 0 Å². The lowest BCUT2D eigenvalue weighted by atomic mass is 10.2. The zero-order valence-corrected chi connectivity index (χ0v) is 5.58. The maximum Gasteiger partial charge on any atom is 0.104 e. The number of aliphatic hydroxyl groups excluding tert-OH is 1. The van der Waals surface area contributed by atoms with Crippen molar-refractivity contribution in [3.63, 3.8) is 0 Å². The van der Waals surface area contributed by atoms with E-state index in [4.69, 9.17) is 9.84 Å². The molecule has 0 aromatic rings. The first-order chi connectivity index (χ1) is 4.26. The number of hydrogen-bond donors (Lipinski definition) is 1. The van der Waals surface area contributed by atoms with Crippen molar-refractivity contribution in [2.24, 2.45) is 0 Å². The monoisotopic (exact) mass is 128 g/mol. The third kappa shape index (κ3) is 2.44. The standard InChI is InChI=1S/C7H12O2/c1-4-6(8)7(5-2)9-3/h4-8H,1-2H2,3H3/t6-,7-/m0/s1. The van der Waals surface area contributed by atoms with Gasteiger partial charge in [-0.2, -0.15) is 0 Å². The fourth-order valence-electron chi connectivity index (χ4n) is 0.509. The molecule has 2 heteroatoms. The molecule has 0 bridgehead atoms. The smallest absolute Gasteiger partial charge is 0.104 e. The summed E-state index contributed by atoms with van der Waals surface area (Å²) < 4.78 is 4.81. The molecule has 0 spiro atoms. The number of methoxy groups -OCH3 is 1. The van der Waals surface area contributed by atoms with E-state index < -0.39 is 6.10 Å². The van der Waals surface area contributed by atoms with Crippen molar-refractivity contribution in [3.8, 4) is 0 Å². The van der Waals surface area contributed by atoms with E-state index in [9.17, 15) is 0 Å². The maximum absolute atomic E-state index is 9.00. The third-order valence-electron chi connectivity index (χ3n) is 1.08. The Morgan fingerprint density at radius 1 is 1.44 bits per heavy atom. The van der Waals surface area contributed by atoms with Crippen LogP contribution in [0.5, 0.6) is 0 Å². The summed E-state index contributed by atoms with van der Waals surface area (Å²) in [5.41, 5.74) is 0. The van der Waals surface area contributed by atoms with E-state index in [0.717, 1.165) is 0 Å². The Bertz CT molecular complexity index is 99.1. The number of hydrogen-bond acceptors (Lipinski definition) is 2. The second-order valence-corrected chi connectivity index (χ2v) is 1.66. The largest absolute Gasteiger partial charge is 0.386 e. The van der Waals surface area contributed by atoms with Crippen LogP contribution in [-0.2, 0) is 4.74 Å². The summed E-state index contributed by atoms with van der Waals surface area (Å²) in [6.45, 7) is 6.87. The van der Waals surface area contributed by atoms with Gasteiger partial charge in [0.2, 0.25) is 0 Å². The summed E-state index contributed by atoms with van der Waals surface area (Å²) in [7, 11) is 1.51. The van der Waals surface area contributed by atoms with Crippen molar-refractivity contribution in [1.29, 1.82) is 0 Å². The van der Waals surface area contributed by atoms with Crippen molar-refractivity contribution in [2.75, 3.05) is 7.11 Å². The molecule has 0 fully saturated rings. The molecule has 0 radical (unpaired) electrons. The highest BCUT2D eigenvalue weighted by atomic mass is 16.5. The van der Waals surface area contributed by atoms with Gasteiger partial charge >= 0.3 is 0 Å². The van der Waals surface area contributed by atoms with E-state index >= 15 is 0 Å². The topological polar surface area (TPSA) is 29.5 Å². The highest BCUT2D eigenvalue weighted by Crippen LogP contribution is 1.98. The molecule has 0 saturated carbocycles. The Morgan fingerprint density at radius 3 is 2.11 bits per heavy atom. The van der Waals surface area contributed by atoms with Crippen LogP contribution < -0.4 is 0 Å². The van der Waals surface area contributed by atoms with Gasteiger partial charge in [0.25, 0.3) is 0 Å². The Labute approximate surface area is 55.5 Å². The number of rotatable bonds is 4. The van der Waals surface area contributed by atoms with Crippen molar-refractivity contribution in [2.45, 2.75) is 12.2 Å². The lowest BCUT2D eigenvalue weighted by Crippen LogP contribution is -2.22. The third-order valence-corrected chi connectivity index (χ3v) is 1.08. The first-order valence-corrected chi connectivity index (χ1v) is 2.72. The van der Waals surface area contributed by atoms with Crippen LogP contribution in [0.1, 0.15) is 0 Å². The summed E-state index contributed by atoms with van der Waals surface area (Å²) >= 11 is 0.